The molecule has 2 unspecified atom stereocenters. The van der Waals surface area contributed by atoms with Crippen LogP contribution in [0.15, 0.2) is 48.5 Å². The van der Waals surface area contributed by atoms with Crippen molar-refractivity contribution in [1.29, 1.82) is 0 Å². The number of carbonyl (C=O) groups is 1. The maximum atomic E-state index is 13.5. The van der Waals surface area contributed by atoms with Crippen LogP contribution in [-0.4, -0.2) is 54.5 Å². The van der Waals surface area contributed by atoms with Crippen molar-refractivity contribution in [2.24, 2.45) is 5.92 Å². The highest BCUT2D eigenvalue weighted by atomic mass is 16.6. The molecule has 0 aliphatic carbocycles. The van der Waals surface area contributed by atoms with E-state index in [1.54, 1.807) is 12.1 Å². The number of piperazine rings is 1. The monoisotopic (exact) mass is 406 g/mol. The van der Waals surface area contributed by atoms with Gasteiger partial charge in [0.05, 0.1) is 16.9 Å². The van der Waals surface area contributed by atoms with Crippen molar-refractivity contribution in [3.05, 3.63) is 64.2 Å². The number of nitro groups is 1. The summed E-state index contributed by atoms with van der Waals surface area (Å²) in [4.78, 5) is 31.1. The van der Waals surface area contributed by atoms with Gasteiger partial charge in [0.25, 0.3) is 5.69 Å². The number of para-hydroxylation sites is 1. The van der Waals surface area contributed by atoms with Crippen LogP contribution in [0.4, 0.5) is 17.1 Å². The highest BCUT2D eigenvalue weighted by Gasteiger charge is 2.43. The highest BCUT2D eigenvalue weighted by Crippen LogP contribution is 2.39. The van der Waals surface area contributed by atoms with Crippen LogP contribution in [0.25, 0.3) is 0 Å². The van der Waals surface area contributed by atoms with E-state index in [4.69, 9.17) is 0 Å². The van der Waals surface area contributed by atoms with Crippen molar-refractivity contribution in [1.82, 2.24) is 4.90 Å². The Labute approximate surface area is 176 Å². The minimum Gasteiger partial charge on any atom is -0.368 e. The van der Waals surface area contributed by atoms with Gasteiger partial charge in [0.15, 0.2) is 0 Å². The predicted octanol–water partition coefficient (Wildman–Crippen LogP) is 3.08. The predicted molar refractivity (Wildman–Crippen MR) is 116 cm³/mol. The minimum absolute atomic E-state index is 0.0704. The third kappa shape index (κ3) is 3.28. The number of carbonyl (C=O) groups excluding carboxylic acids is 1. The van der Waals surface area contributed by atoms with E-state index >= 15 is 0 Å². The van der Waals surface area contributed by atoms with Gasteiger partial charge in [-0.3, -0.25) is 14.9 Å². The lowest BCUT2D eigenvalue weighted by Gasteiger charge is -2.50. The third-order valence-electron chi connectivity index (χ3n) is 6.76. The number of nitrogens with zero attached hydrogens (tertiary/aromatic N) is 4. The van der Waals surface area contributed by atoms with Gasteiger partial charge in [-0.2, -0.15) is 0 Å². The maximum Gasteiger partial charge on any atom is 0.269 e. The van der Waals surface area contributed by atoms with Gasteiger partial charge in [0.1, 0.15) is 0 Å². The minimum atomic E-state index is -0.350. The molecular weight excluding hydrogens is 380 g/mol. The normalized spacial score (nSPS) is 23.1. The number of amides is 1. The molecule has 3 aliphatic rings. The first-order valence-electron chi connectivity index (χ1n) is 10.7. The van der Waals surface area contributed by atoms with Gasteiger partial charge < -0.3 is 14.7 Å². The second-order valence-electron chi connectivity index (χ2n) is 8.46. The van der Waals surface area contributed by atoms with Crippen molar-refractivity contribution in [2.45, 2.75) is 25.3 Å². The van der Waals surface area contributed by atoms with Gasteiger partial charge in [0, 0.05) is 56.2 Å². The number of anilines is 2. The quantitative estimate of drug-likeness (QED) is 0.579. The second kappa shape index (κ2) is 7.63. The number of hydrogen-bond donors (Lipinski definition) is 0. The SMILES string of the molecule is O=C(C1Cc2cc([N+](=O)[O-])ccc2N2CCN(c3ccccc3)CC12)N1CCCC1. The second-order valence-corrected chi connectivity index (χ2v) is 8.46. The van der Waals surface area contributed by atoms with Crippen LogP contribution >= 0.6 is 0 Å². The van der Waals surface area contributed by atoms with E-state index in [2.05, 4.69) is 21.9 Å². The number of rotatable bonds is 3. The molecule has 3 aliphatic heterocycles. The Morgan fingerprint density at radius 3 is 2.50 bits per heavy atom. The lowest BCUT2D eigenvalue weighted by molar-refractivity contribution is -0.384. The van der Waals surface area contributed by atoms with Crippen molar-refractivity contribution < 1.29 is 9.72 Å². The van der Waals surface area contributed by atoms with Crippen LogP contribution < -0.4 is 9.80 Å². The van der Waals surface area contributed by atoms with E-state index in [0.717, 1.165) is 56.8 Å². The molecule has 2 saturated heterocycles. The van der Waals surface area contributed by atoms with Crippen LogP contribution in [0.3, 0.4) is 0 Å². The number of non-ortho nitro benzene ring substituents is 1. The molecule has 2 aromatic carbocycles. The van der Waals surface area contributed by atoms with E-state index in [9.17, 15) is 14.9 Å². The molecule has 0 N–H and O–H groups in total. The van der Waals surface area contributed by atoms with E-state index in [0.29, 0.717) is 6.42 Å². The molecule has 2 atom stereocenters. The van der Waals surface area contributed by atoms with E-state index in [-0.39, 0.29) is 28.5 Å². The van der Waals surface area contributed by atoms with E-state index in [1.165, 1.54) is 5.69 Å². The summed E-state index contributed by atoms with van der Waals surface area (Å²) in [6, 6.07) is 15.5. The molecular formula is C23H26N4O3. The van der Waals surface area contributed by atoms with Gasteiger partial charge in [-0.1, -0.05) is 18.2 Å². The van der Waals surface area contributed by atoms with Crippen molar-refractivity contribution >= 4 is 23.0 Å². The Hall–Kier alpha value is -3.09. The molecule has 2 fully saturated rings. The summed E-state index contributed by atoms with van der Waals surface area (Å²) < 4.78 is 0. The van der Waals surface area contributed by atoms with E-state index in [1.807, 2.05) is 29.2 Å². The van der Waals surface area contributed by atoms with Crippen molar-refractivity contribution in [2.75, 3.05) is 42.5 Å². The molecule has 0 radical (unpaired) electrons. The summed E-state index contributed by atoms with van der Waals surface area (Å²) >= 11 is 0. The number of hydrogen-bond acceptors (Lipinski definition) is 5. The average Bonchev–Trinajstić information content (AvgIpc) is 3.33. The summed E-state index contributed by atoms with van der Waals surface area (Å²) in [5.41, 5.74) is 3.25. The molecule has 7 nitrogen and oxygen atoms in total. The number of benzene rings is 2. The molecule has 156 valence electrons. The van der Waals surface area contributed by atoms with Crippen LogP contribution in [0, 0.1) is 16.0 Å². The van der Waals surface area contributed by atoms with Crippen molar-refractivity contribution in [3.8, 4) is 0 Å². The fraction of sp³-hybridized carbons (Fsp3) is 0.435. The van der Waals surface area contributed by atoms with Gasteiger partial charge >= 0.3 is 0 Å². The van der Waals surface area contributed by atoms with Gasteiger partial charge in [-0.05, 0) is 43.0 Å². The lowest BCUT2D eigenvalue weighted by Crippen LogP contribution is -2.61. The summed E-state index contributed by atoms with van der Waals surface area (Å²) in [5, 5.41) is 11.3. The first-order chi connectivity index (χ1) is 14.6. The van der Waals surface area contributed by atoms with E-state index < -0.39 is 0 Å². The summed E-state index contributed by atoms with van der Waals surface area (Å²) in [6.07, 6.45) is 2.69. The Kier molecular flexibility index (Phi) is 4.81. The third-order valence-corrected chi connectivity index (χ3v) is 6.76. The molecule has 0 aromatic heterocycles. The topological polar surface area (TPSA) is 69.9 Å². The Bertz CT molecular complexity index is 958. The summed E-state index contributed by atoms with van der Waals surface area (Å²) in [6.45, 7) is 4.10. The molecule has 5 rings (SSSR count). The Morgan fingerprint density at radius 1 is 1.00 bits per heavy atom. The zero-order valence-electron chi connectivity index (χ0n) is 16.9. The molecule has 1 amide bonds. The molecule has 3 heterocycles. The molecule has 0 bridgehead atoms. The average molecular weight is 406 g/mol. The fourth-order valence-electron chi connectivity index (χ4n) is 5.25. The first kappa shape index (κ1) is 18.9. The van der Waals surface area contributed by atoms with Crippen LogP contribution in [0.1, 0.15) is 18.4 Å². The molecule has 2 aromatic rings. The van der Waals surface area contributed by atoms with Crippen molar-refractivity contribution in [3.63, 3.8) is 0 Å². The summed E-state index contributed by atoms with van der Waals surface area (Å²) in [7, 11) is 0. The number of likely N-dealkylation sites (tertiary alicyclic amines) is 1. The van der Waals surface area contributed by atoms with Gasteiger partial charge in [-0.25, -0.2) is 0 Å². The van der Waals surface area contributed by atoms with Gasteiger partial charge in [0.2, 0.25) is 5.91 Å². The largest absolute Gasteiger partial charge is 0.368 e. The number of fused-ring (bicyclic) bond motifs is 3. The Balaban J connectivity index is 1.50. The Morgan fingerprint density at radius 2 is 1.77 bits per heavy atom. The maximum absolute atomic E-state index is 13.5. The standard InChI is InChI=1S/C23H26N4O3/c28-23(24-10-4-5-11-24)20-15-17-14-19(27(29)30)8-9-21(17)26-13-12-25(16-22(20)26)18-6-2-1-3-7-18/h1-3,6-9,14,20,22H,4-5,10-13,15-16H2. The first-order valence-corrected chi connectivity index (χ1v) is 10.7. The fourth-order valence-corrected chi connectivity index (χ4v) is 5.25. The number of nitro benzene ring substituents is 1. The van der Waals surface area contributed by atoms with Crippen LogP contribution in [-0.2, 0) is 11.2 Å². The smallest absolute Gasteiger partial charge is 0.269 e. The molecule has 7 heteroatoms. The van der Waals surface area contributed by atoms with Gasteiger partial charge in [-0.15, -0.1) is 0 Å². The summed E-state index contributed by atoms with van der Waals surface area (Å²) in [5.74, 6) is 0.0266. The van der Waals surface area contributed by atoms with Crippen LogP contribution in [0.2, 0.25) is 0 Å². The zero-order chi connectivity index (χ0) is 20.7. The molecule has 0 saturated carbocycles. The zero-order valence-corrected chi connectivity index (χ0v) is 16.9. The molecule has 0 spiro atoms. The lowest BCUT2D eigenvalue weighted by atomic mass is 9.82. The highest BCUT2D eigenvalue weighted by molar-refractivity contribution is 5.83. The molecule has 30 heavy (non-hydrogen) atoms. The van der Waals surface area contributed by atoms with Crippen LogP contribution in [0.5, 0.6) is 0 Å².